The van der Waals surface area contributed by atoms with Gasteiger partial charge in [0.25, 0.3) is 0 Å². The zero-order valence-corrected chi connectivity index (χ0v) is 15.5. The zero-order valence-electron chi connectivity index (χ0n) is 14.0. The highest BCUT2D eigenvalue weighted by atomic mass is 35.5. The number of aromatic amines is 1. The third kappa shape index (κ3) is 2.73. The number of nitrogens with one attached hydrogen (secondary N) is 1. The third-order valence-corrected chi connectivity index (χ3v) is 5.56. The SMILES string of the molecule is Clc1cncc(-c2nc(Cl)cc3[nH]c(N4CCOC5CCCC54)nc23)c1. The molecule has 1 aliphatic carbocycles. The highest BCUT2D eigenvalue weighted by molar-refractivity contribution is 6.31. The number of imidazole rings is 1. The van der Waals surface area contributed by atoms with E-state index >= 15 is 0 Å². The van der Waals surface area contributed by atoms with E-state index in [4.69, 9.17) is 32.9 Å². The Morgan fingerprint density at radius 2 is 2.08 bits per heavy atom. The van der Waals surface area contributed by atoms with Gasteiger partial charge in [-0.15, -0.1) is 0 Å². The molecule has 2 fully saturated rings. The lowest BCUT2D eigenvalue weighted by molar-refractivity contribution is 0.0250. The second-order valence-electron chi connectivity index (χ2n) is 6.74. The largest absolute Gasteiger partial charge is 0.374 e. The lowest BCUT2D eigenvalue weighted by atomic mass is 10.1. The second-order valence-corrected chi connectivity index (χ2v) is 7.57. The Kier molecular flexibility index (Phi) is 3.99. The molecule has 0 spiro atoms. The molecule has 8 heteroatoms. The monoisotopic (exact) mass is 389 g/mol. The predicted molar refractivity (Wildman–Crippen MR) is 102 cm³/mol. The summed E-state index contributed by atoms with van der Waals surface area (Å²) in [5.41, 5.74) is 3.11. The van der Waals surface area contributed by atoms with E-state index in [2.05, 4.69) is 19.9 Å². The second kappa shape index (κ2) is 6.37. The molecule has 0 amide bonds. The van der Waals surface area contributed by atoms with Gasteiger partial charge in [-0.3, -0.25) is 4.98 Å². The molecule has 134 valence electrons. The lowest BCUT2D eigenvalue weighted by Crippen LogP contribution is -2.49. The number of nitrogens with zero attached hydrogens (tertiary/aromatic N) is 4. The molecule has 0 aromatic carbocycles. The van der Waals surface area contributed by atoms with Crippen molar-refractivity contribution in [2.24, 2.45) is 0 Å². The summed E-state index contributed by atoms with van der Waals surface area (Å²) in [5, 5.41) is 0.957. The van der Waals surface area contributed by atoms with Gasteiger partial charge in [0.15, 0.2) is 0 Å². The summed E-state index contributed by atoms with van der Waals surface area (Å²) in [5.74, 6) is 0.848. The molecule has 0 bridgehead atoms. The Morgan fingerprint density at radius 1 is 1.15 bits per heavy atom. The molecule has 1 aliphatic heterocycles. The van der Waals surface area contributed by atoms with Crippen LogP contribution in [0.3, 0.4) is 0 Å². The predicted octanol–water partition coefficient (Wildman–Crippen LogP) is 4.08. The molecular weight excluding hydrogens is 373 g/mol. The van der Waals surface area contributed by atoms with Crippen molar-refractivity contribution in [1.29, 1.82) is 0 Å². The fraction of sp³-hybridized carbons (Fsp3) is 0.389. The van der Waals surface area contributed by atoms with Crippen molar-refractivity contribution in [1.82, 2.24) is 19.9 Å². The maximum absolute atomic E-state index is 6.25. The van der Waals surface area contributed by atoms with Crippen molar-refractivity contribution in [3.05, 3.63) is 34.7 Å². The van der Waals surface area contributed by atoms with Crippen LogP contribution in [-0.4, -0.2) is 45.2 Å². The van der Waals surface area contributed by atoms with E-state index in [9.17, 15) is 0 Å². The number of morpholine rings is 1. The number of anilines is 1. The van der Waals surface area contributed by atoms with E-state index in [0.717, 1.165) is 48.5 Å². The summed E-state index contributed by atoms with van der Waals surface area (Å²) < 4.78 is 5.91. The third-order valence-electron chi connectivity index (χ3n) is 5.16. The number of hydrogen-bond donors (Lipinski definition) is 1. The number of pyridine rings is 2. The van der Waals surface area contributed by atoms with Crippen molar-refractivity contribution >= 4 is 40.2 Å². The van der Waals surface area contributed by atoms with Gasteiger partial charge >= 0.3 is 0 Å². The molecular formula is C18H17Cl2N5O. The van der Waals surface area contributed by atoms with Gasteiger partial charge < -0.3 is 14.6 Å². The number of halogens is 2. The van der Waals surface area contributed by atoms with E-state index < -0.39 is 0 Å². The summed E-state index contributed by atoms with van der Waals surface area (Å²) in [6.07, 6.45) is 7.06. The van der Waals surface area contributed by atoms with E-state index in [1.165, 1.54) is 6.42 Å². The summed E-state index contributed by atoms with van der Waals surface area (Å²) in [6, 6.07) is 4.01. The fourth-order valence-electron chi connectivity index (χ4n) is 4.04. The maximum Gasteiger partial charge on any atom is 0.204 e. The van der Waals surface area contributed by atoms with Crippen LogP contribution in [0.2, 0.25) is 10.2 Å². The summed E-state index contributed by atoms with van der Waals surface area (Å²) in [4.78, 5) is 19.3. The van der Waals surface area contributed by atoms with Gasteiger partial charge in [0.1, 0.15) is 16.4 Å². The number of fused-ring (bicyclic) bond motifs is 2. The Bertz CT molecular complexity index is 975. The first-order valence-corrected chi connectivity index (χ1v) is 9.50. The Balaban J connectivity index is 1.62. The van der Waals surface area contributed by atoms with Crippen LogP contribution in [0.4, 0.5) is 5.95 Å². The zero-order chi connectivity index (χ0) is 17.7. The Labute approximate surface area is 160 Å². The Morgan fingerprint density at radius 3 is 2.96 bits per heavy atom. The molecule has 1 saturated heterocycles. The molecule has 2 atom stereocenters. The van der Waals surface area contributed by atoms with Crippen LogP contribution in [-0.2, 0) is 4.74 Å². The molecule has 6 nitrogen and oxygen atoms in total. The van der Waals surface area contributed by atoms with E-state index in [1.807, 2.05) is 6.07 Å². The van der Waals surface area contributed by atoms with E-state index in [0.29, 0.717) is 28.0 Å². The van der Waals surface area contributed by atoms with Gasteiger partial charge in [-0.2, -0.15) is 0 Å². The van der Waals surface area contributed by atoms with Crippen LogP contribution in [0.1, 0.15) is 19.3 Å². The van der Waals surface area contributed by atoms with Crippen molar-refractivity contribution < 1.29 is 4.74 Å². The first-order chi connectivity index (χ1) is 12.7. The molecule has 2 unspecified atom stereocenters. The molecule has 4 heterocycles. The van der Waals surface area contributed by atoms with Gasteiger partial charge in [-0.05, 0) is 25.3 Å². The maximum atomic E-state index is 6.25. The van der Waals surface area contributed by atoms with Crippen molar-refractivity contribution in [2.45, 2.75) is 31.4 Å². The van der Waals surface area contributed by atoms with E-state index in [-0.39, 0.29) is 0 Å². The summed E-state index contributed by atoms with van der Waals surface area (Å²) in [6.45, 7) is 1.55. The van der Waals surface area contributed by atoms with Gasteiger partial charge in [0, 0.05) is 30.6 Å². The van der Waals surface area contributed by atoms with Crippen molar-refractivity contribution in [2.75, 3.05) is 18.1 Å². The molecule has 1 saturated carbocycles. The average Bonchev–Trinajstić information content (AvgIpc) is 3.27. The minimum absolute atomic E-state index is 0.301. The van der Waals surface area contributed by atoms with Gasteiger partial charge in [-0.25, -0.2) is 9.97 Å². The standard InChI is InChI=1S/C18H17Cl2N5O/c19-11-6-10(8-21-9-11)16-17-12(7-15(20)23-16)22-18(24-17)25-4-5-26-14-3-1-2-13(14)25/h6-9,13-14H,1-5H2,(H,22,24). The van der Waals surface area contributed by atoms with Crippen LogP contribution in [0.15, 0.2) is 24.5 Å². The minimum atomic E-state index is 0.301. The fourth-order valence-corrected chi connectivity index (χ4v) is 4.40. The van der Waals surface area contributed by atoms with E-state index in [1.54, 1.807) is 18.5 Å². The number of hydrogen-bond acceptors (Lipinski definition) is 5. The smallest absolute Gasteiger partial charge is 0.204 e. The summed E-state index contributed by atoms with van der Waals surface area (Å²) >= 11 is 12.4. The first-order valence-electron chi connectivity index (χ1n) is 8.74. The number of ether oxygens (including phenoxy) is 1. The number of H-pyrrole nitrogens is 1. The number of rotatable bonds is 2. The topological polar surface area (TPSA) is 66.9 Å². The normalized spacial score (nSPS) is 22.8. The first kappa shape index (κ1) is 16.3. The van der Waals surface area contributed by atoms with Crippen LogP contribution >= 0.6 is 23.2 Å². The highest BCUT2D eigenvalue weighted by Gasteiger charge is 2.37. The van der Waals surface area contributed by atoms with Crippen molar-refractivity contribution in [3.8, 4) is 11.3 Å². The molecule has 3 aromatic heterocycles. The van der Waals surface area contributed by atoms with Gasteiger partial charge in [0.05, 0.1) is 29.3 Å². The van der Waals surface area contributed by atoms with Crippen LogP contribution in [0.5, 0.6) is 0 Å². The molecule has 3 aromatic rings. The molecule has 26 heavy (non-hydrogen) atoms. The molecule has 0 radical (unpaired) electrons. The number of aromatic nitrogens is 4. The van der Waals surface area contributed by atoms with Crippen LogP contribution in [0.25, 0.3) is 22.3 Å². The summed E-state index contributed by atoms with van der Waals surface area (Å²) in [7, 11) is 0. The van der Waals surface area contributed by atoms with Crippen LogP contribution < -0.4 is 4.90 Å². The quantitative estimate of drug-likeness (QED) is 0.668. The molecule has 1 N–H and O–H groups in total. The lowest BCUT2D eigenvalue weighted by Gasteiger charge is -2.37. The van der Waals surface area contributed by atoms with Gasteiger partial charge in [0.2, 0.25) is 5.95 Å². The van der Waals surface area contributed by atoms with Crippen molar-refractivity contribution in [3.63, 3.8) is 0 Å². The Hall–Kier alpha value is -1.89. The average molecular weight is 390 g/mol. The molecule has 5 rings (SSSR count). The van der Waals surface area contributed by atoms with Gasteiger partial charge in [-0.1, -0.05) is 23.2 Å². The molecule has 2 aliphatic rings. The minimum Gasteiger partial charge on any atom is -0.374 e. The van der Waals surface area contributed by atoms with Crippen LogP contribution in [0, 0.1) is 0 Å². The highest BCUT2D eigenvalue weighted by Crippen LogP contribution is 2.35.